The maximum Gasteiger partial charge on any atom is 0.118 e. The van der Waals surface area contributed by atoms with Gasteiger partial charge >= 0.3 is 0 Å². The minimum atomic E-state index is -0.794. The van der Waals surface area contributed by atoms with Crippen molar-refractivity contribution in [1.29, 1.82) is 0 Å². The van der Waals surface area contributed by atoms with Crippen LogP contribution in [-0.4, -0.2) is 41.9 Å². The number of methoxy groups -OCH3 is 1. The third-order valence-corrected chi connectivity index (χ3v) is 5.20. The quantitative estimate of drug-likeness (QED) is 0.878. The number of aryl methyl sites for hydroxylation is 1. The molecule has 1 saturated heterocycles. The molecule has 4 heteroatoms. The second-order valence-corrected chi connectivity index (χ2v) is 6.99. The van der Waals surface area contributed by atoms with Crippen LogP contribution in [0.4, 0.5) is 0 Å². The standard InChI is InChI=1S/C21H27NO3/c1-16-3-5-17(6-4-16)20(23)15-22-13-11-21(24,12-14-22)18-7-9-19(25-2)10-8-18/h3-10,20,23-24H,11-15H2,1-2H3/t20-/m0/s1. The van der Waals surface area contributed by atoms with Crippen LogP contribution in [0.5, 0.6) is 5.75 Å². The average Bonchev–Trinajstić information content (AvgIpc) is 2.64. The molecule has 2 aromatic carbocycles. The van der Waals surface area contributed by atoms with Gasteiger partial charge in [-0.05, 0) is 43.0 Å². The minimum Gasteiger partial charge on any atom is -0.497 e. The van der Waals surface area contributed by atoms with Gasteiger partial charge in [-0.15, -0.1) is 0 Å². The summed E-state index contributed by atoms with van der Waals surface area (Å²) in [6.07, 6.45) is 0.840. The van der Waals surface area contributed by atoms with Gasteiger partial charge in [-0.1, -0.05) is 42.0 Å². The number of piperidine rings is 1. The molecule has 0 radical (unpaired) electrons. The molecule has 0 amide bonds. The fourth-order valence-corrected chi connectivity index (χ4v) is 3.43. The Morgan fingerprint density at radius 3 is 2.20 bits per heavy atom. The van der Waals surface area contributed by atoms with Crippen LogP contribution in [0, 0.1) is 6.92 Å². The molecule has 25 heavy (non-hydrogen) atoms. The van der Waals surface area contributed by atoms with Crippen molar-refractivity contribution in [3.8, 4) is 5.75 Å². The molecule has 1 aliphatic rings. The van der Waals surface area contributed by atoms with Crippen molar-refractivity contribution in [3.63, 3.8) is 0 Å². The van der Waals surface area contributed by atoms with Crippen molar-refractivity contribution in [2.45, 2.75) is 31.5 Å². The van der Waals surface area contributed by atoms with E-state index in [1.165, 1.54) is 5.56 Å². The lowest BCUT2D eigenvalue weighted by Crippen LogP contribution is -2.43. The maximum absolute atomic E-state index is 11.0. The Kier molecular flexibility index (Phi) is 5.42. The zero-order valence-corrected chi connectivity index (χ0v) is 15.0. The highest BCUT2D eigenvalue weighted by molar-refractivity contribution is 5.31. The number of benzene rings is 2. The lowest BCUT2D eigenvalue weighted by atomic mass is 9.84. The summed E-state index contributed by atoms with van der Waals surface area (Å²) >= 11 is 0. The van der Waals surface area contributed by atoms with E-state index in [0.717, 1.165) is 30.0 Å². The van der Waals surface area contributed by atoms with Crippen molar-refractivity contribution >= 4 is 0 Å². The summed E-state index contributed by atoms with van der Waals surface area (Å²) in [5.74, 6) is 0.797. The Morgan fingerprint density at radius 1 is 1.04 bits per heavy atom. The number of hydrogen-bond acceptors (Lipinski definition) is 4. The number of nitrogens with zero attached hydrogens (tertiary/aromatic N) is 1. The van der Waals surface area contributed by atoms with E-state index >= 15 is 0 Å². The Bertz CT molecular complexity index is 673. The van der Waals surface area contributed by atoms with Crippen LogP contribution in [-0.2, 0) is 5.60 Å². The van der Waals surface area contributed by atoms with Gasteiger partial charge in [-0.2, -0.15) is 0 Å². The maximum atomic E-state index is 11.0. The minimum absolute atomic E-state index is 0.493. The predicted molar refractivity (Wildman–Crippen MR) is 98.7 cm³/mol. The van der Waals surface area contributed by atoms with E-state index in [1.54, 1.807) is 7.11 Å². The first kappa shape index (κ1) is 17.9. The van der Waals surface area contributed by atoms with Gasteiger partial charge in [-0.25, -0.2) is 0 Å². The summed E-state index contributed by atoms with van der Waals surface area (Å²) in [6.45, 7) is 4.18. The Morgan fingerprint density at radius 2 is 1.64 bits per heavy atom. The monoisotopic (exact) mass is 341 g/mol. The molecule has 0 bridgehead atoms. The average molecular weight is 341 g/mol. The van der Waals surface area contributed by atoms with Crippen LogP contribution in [0.1, 0.15) is 35.6 Å². The van der Waals surface area contributed by atoms with Gasteiger partial charge in [0.2, 0.25) is 0 Å². The molecule has 2 N–H and O–H groups in total. The summed E-state index contributed by atoms with van der Waals surface area (Å²) in [6, 6.07) is 15.7. The molecule has 0 aromatic heterocycles. The Hall–Kier alpha value is -1.88. The van der Waals surface area contributed by atoms with Gasteiger partial charge in [0.15, 0.2) is 0 Å². The molecule has 0 unspecified atom stereocenters. The third-order valence-electron chi connectivity index (χ3n) is 5.20. The summed E-state index contributed by atoms with van der Waals surface area (Å²) in [5, 5.41) is 21.4. The predicted octanol–water partition coefficient (Wildman–Crippen LogP) is 3.02. The summed E-state index contributed by atoms with van der Waals surface area (Å²) in [7, 11) is 1.64. The second kappa shape index (κ2) is 7.56. The van der Waals surface area contributed by atoms with E-state index in [1.807, 2.05) is 55.5 Å². The Balaban J connectivity index is 1.58. The van der Waals surface area contributed by atoms with Crippen LogP contribution in [0.3, 0.4) is 0 Å². The van der Waals surface area contributed by atoms with Gasteiger partial charge in [0, 0.05) is 19.6 Å². The van der Waals surface area contributed by atoms with Gasteiger partial charge < -0.3 is 19.8 Å². The van der Waals surface area contributed by atoms with E-state index in [-0.39, 0.29) is 0 Å². The SMILES string of the molecule is COc1ccc(C2(O)CCN(C[C@H](O)c3ccc(C)cc3)CC2)cc1. The summed E-state index contributed by atoms with van der Waals surface area (Å²) < 4.78 is 5.18. The van der Waals surface area contributed by atoms with Crippen molar-refractivity contribution in [2.75, 3.05) is 26.7 Å². The van der Waals surface area contributed by atoms with Crippen LogP contribution in [0.15, 0.2) is 48.5 Å². The first-order valence-corrected chi connectivity index (χ1v) is 8.84. The first-order chi connectivity index (χ1) is 12.0. The van der Waals surface area contributed by atoms with E-state index in [2.05, 4.69) is 4.90 Å². The number of aliphatic hydroxyl groups is 2. The second-order valence-electron chi connectivity index (χ2n) is 6.99. The van der Waals surface area contributed by atoms with Gasteiger partial charge in [-0.3, -0.25) is 0 Å². The van der Waals surface area contributed by atoms with Crippen molar-refractivity contribution in [3.05, 3.63) is 65.2 Å². The molecule has 3 rings (SSSR count). The lowest BCUT2D eigenvalue weighted by molar-refractivity contribution is -0.0345. The van der Waals surface area contributed by atoms with Crippen molar-refractivity contribution in [2.24, 2.45) is 0 Å². The van der Waals surface area contributed by atoms with Crippen LogP contribution < -0.4 is 4.74 Å². The molecule has 2 aromatic rings. The number of hydrogen-bond donors (Lipinski definition) is 2. The molecule has 1 aliphatic heterocycles. The van der Waals surface area contributed by atoms with Gasteiger partial charge in [0.1, 0.15) is 5.75 Å². The highest BCUT2D eigenvalue weighted by Gasteiger charge is 2.34. The molecular weight excluding hydrogens is 314 g/mol. The normalized spacial score (nSPS) is 18.7. The fourth-order valence-electron chi connectivity index (χ4n) is 3.43. The van der Waals surface area contributed by atoms with E-state index in [4.69, 9.17) is 4.74 Å². The highest BCUT2D eigenvalue weighted by Crippen LogP contribution is 2.34. The van der Waals surface area contributed by atoms with Crippen molar-refractivity contribution in [1.82, 2.24) is 4.90 Å². The number of ether oxygens (including phenoxy) is 1. The highest BCUT2D eigenvalue weighted by atomic mass is 16.5. The zero-order chi connectivity index (χ0) is 17.9. The molecule has 1 atom stereocenters. The topological polar surface area (TPSA) is 52.9 Å². The molecule has 1 heterocycles. The molecular formula is C21H27NO3. The zero-order valence-electron chi connectivity index (χ0n) is 15.0. The molecule has 1 fully saturated rings. The van der Waals surface area contributed by atoms with Crippen LogP contribution in [0.25, 0.3) is 0 Å². The first-order valence-electron chi connectivity index (χ1n) is 8.84. The van der Waals surface area contributed by atoms with E-state index in [0.29, 0.717) is 19.4 Å². The number of β-amino-alcohol motifs (C(OH)–C–C–N with tert-alkyl or cyclic N) is 1. The van der Waals surface area contributed by atoms with Gasteiger partial charge in [0.05, 0.1) is 18.8 Å². The smallest absolute Gasteiger partial charge is 0.118 e. The Labute approximate surface area is 149 Å². The molecule has 0 aliphatic carbocycles. The molecule has 0 spiro atoms. The fraction of sp³-hybridized carbons (Fsp3) is 0.429. The van der Waals surface area contributed by atoms with E-state index in [9.17, 15) is 10.2 Å². The molecule has 134 valence electrons. The number of likely N-dealkylation sites (tertiary alicyclic amines) is 1. The van der Waals surface area contributed by atoms with Crippen molar-refractivity contribution < 1.29 is 14.9 Å². The lowest BCUT2D eigenvalue weighted by Gasteiger charge is -2.39. The summed E-state index contributed by atoms with van der Waals surface area (Å²) in [5.41, 5.74) is 2.28. The number of aliphatic hydroxyl groups excluding tert-OH is 1. The molecule has 0 saturated carbocycles. The van der Waals surface area contributed by atoms with Crippen LogP contribution >= 0.6 is 0 Å². The summed E-state index contributed by atoms with van der Waals surface area (Å²) in [4.78, 5) is 2.22. The number of rotatable bonds is 5. The molecule has 4 nitrogen and oxygen atoms in total. The van der Waals surface area contributed by atoms with E-state index < -0.39 is 11.7 Å². The van der Waals surface area contributed by atoms with Gasteiger partial charge in [0.25, 0.3) is 0 Å². The largest absolute Gasteiger partial charge is 0.497 e. The van der Waals surface area contributed by atoms with Crippen LogP contribution in [0.2, 0.25) is 0 Å². The third kappa shape index (κ3) is 4.21.